The van der Waals surface area contributed by atoms with Crippen LogP contribution in [-0.2, 0) is 6.54 Å². The van der Waals surface area contributed by atoms with E-state index in [0.29, 0.717) is 23.0 Å². The minimum atomic E-state index is 0.137. The van der Waals surface area contributed by atoms with Crippen LogP contribution in [-0.4, -0.2) is 23.3 Å². The maximum atomic E-state index is 12.3. The summed E-state index contributed by atoms with van der Waals surface area (Å²) in [5.74, 6) is 0.137. The lowest BCUT2D eigenvalue weighted by Gasteiger charge is -2.20. The zero-order valence-electron chi connectivity index (χ0n) is 11.8. The number of hydrogen-bond donors (Lipinski definition) is 0. The molecule has 0 saturated heterocycles. The van der Waals surface area contributed by atoms with E-state index in [1.54, 1.807) is 17.4 Å². The molecule has 1 aliphatic rings. The Hall–Kier alpha value is -1.16. The standard InChI is InChI=1S/C17H18ClNOS/c18-16-6-2-1-5-15(16)17(20)9-10-19(13-7-8-13)12-14-4-3-11-21-14/h1-6,11,13H,7-10,12H2. The van der Waals surface area contributed by atoms with Crippen LogP contribution in [0.25, 0.3) is 0 Å². The fraction of sp³-hybridized carbons (Fsp3) is 0.353. The maximum absolute atomic E-state index is 12.3. The molecular formula is C17H18ClNOS. The summed E-state index contributed by atoms with van der Waals surface area (Å²) in [6.45, 7) is 1.77. The van der Waals surface area contributed by atoms with Crippen LogP contribution < -0.4 is 0 Å². The van der Waals surface area contributed by atoms with Gasteiger partial charge in [-0.25, -0.2) is 0 Å². The summed E-state index contributed by atoms with van der Waals surface area (Å²) in [4.78, 5) is 16.1. The number of Topliss-reactive ketones (excluding diaryl/α,β-unsaturated/α-hetero) is 1. The molecule has 21 heavy (non-hydrogen) atoms. The van der Waals surface area contributed by atoms with E-state index in [2.05, 4.69) is 22.4 Å². The molecule has 2 aromatic rings. The molecule has 0 aliphatic heterocycles. The van der Waals surface area contributed by atoms with Gasteiger partial charge in [0.15, 0.2) is 5.78 Å². The Morgan fingerprint density at radius 2 is 2.05 bits per heavy atom. The van der Waals surface area contributed by atoms with Crippen molar-refractivity contribution in [3.05, 3.63) is 57.2 Å². The van der Waals surface area contributed by atoms with Gasteiger partial charge in [-0.1, -0.05) is 29.8 Å². The van der Waals surface area contributed by atoms with Crippen LogP contribution in [0.3, 0.4) is 0 Å². The molecule has 0 N–H and O–H groups in total. The first-order chi connectivity index (χ1) is 10.2. The van der Waals surface area contributed by atoms with Gasteiger partial charge in [0.05, 0.1) is 5.02 Å². The number of thiophene rings is 1. The van der Waals surface area contributed by atoms with Crippen LogP contribution >= 0.6 is 22.9 Å². The van der Waals surface area contributed by atoms with Gasteiger partial charge in [-0.2, -0.15) is 0 Å². The number of nitrogens with zero attached hydrogens (tertiary/aromatic N) is 1. The average Bonchev–Trinajstić information content (AvgIpc) is 3.21. The lowest BCUT2D eigenvalue weighted by molar-refractivity contribution is 0.0960. The largest absolute Gasteiger partial charge is 0.295 e. The number of carbonyl (C=O) groups is 1. The van der Waals surface area contributed by atoms with Gasteiger partial charge < -0.3 is 0 Å². The summed E-state index contributed by atoms with van der Waals surface area (Å²) in [5, 5.41) is 2.66. The Kier molecular flexibility index (Phi) is 4.73. The minimum Gasteiger partial charge on any atom is -0.295 e. The van der Waals surface area contributed by atoms with Crippen molar-refractivity contribution in [1.82, 2.24) is 4.90 Å². The number of hydrogen-bond acceptors (Lipinski definition) is 3. The van der Waals surface area contributed by atoms with E-state index >= 15 is 0 Å². The van der Waals surface area contributed by atoms with Gasteiger partial charge in [-0.3, -0.25) is 9.69 Å². The highest BCUT2D eigenvalue weighted by molar-refractivity contribution is 7.09. The van der Waals surface area contributed by atoms with E-state index in [1.807, 2.05) is 18.2 Å². The van der Waals surface area contributed by atoms with Crippen LogP contribution in [0.5, 0.6) is 0 Å². The van der Waals surface area contributed by atoms with Gasteiger partial charge in [-0.05, 0) is 36.4 Å². The fourth-order valence-electron chi connectivity index (χ4n) is 2.50. The fourth-order valence-corrected chi connectivity index (χ4v) is 3.47. The Bertz CT molecular complexity index is 607. The molecule has 1 heterocycles. The highest BCUT2D eigenvalue weighted by Crippen LogP contribution is 2.29. The van der Waals surface area contributed by atoms with Crippen LogP contribution in [0.4, 0.5) is 0 Å². The predicted molar refractivity (Wildman–Crippen MR) is 88.2 cm³/mol. The first-order valence-electron chi connectivity index (χ1n) is 7.28. The van der Waals surface area contributed by atoms with Gasteiger partial charge in [-0.15, -0.1) is 11.3 Å². The molecule has 1 saturated carbocycles. The van der Waals surface area contributed by atoms with Crippen molar-refractivity contribution in [2.75, 3.05) is 6.54 Å². The molecule has 2 nitrogen and oxygen atoms in total. The molecule has 4 heteroatoms. The predicted octanol–water partition coefficient (Wildman–Crippen LogP) is 4.64. The summed E-state index contributed by atoms with van der Waals surface area (Å²) in [6, 6.07) is 12.2. The molecule has 0 atom stereocenters. The molecule has 110 valence electrons. The zero-order valence-corrected chi connectivity index (χ0v) is 13.4. The third-order valence-corrected chi connectivity index (χ3v) is 4.99. The number of carbonyl (C=O) groups excluding carboxylic acids is 1. The van der Waals surface area contributed by atoms with Crippen LogP contribution in [0, 0.1) is 0 Å². The minimum absolute atomic E-state index is 0.137. The molecule has 1 fully saturated rings. The first-order valence-corrected chi connectivity index (χ1v) is 8.54. The van der Waals surface area contributed by atoms with Crippen molar-refractivity contribution in [3.63, 3.8) is 0 Å². The van der Waals surface area contributed by atoms with Gasteiger partial charge in [0.2, 0.25) is 0 Å². The molecule has 3 rings (SSSR count). The van der Waals surface area contributed by atoms with Crippen LogP contribution in [0.15, 0.2) is 41.8 Å². The van der Waals surface area contributed by atoms with Gasteiger partial charge in [0, 0.05) is 36.0 Å². The Labute approximate surface area is 134 Å². The highest BCUT2D eigenvalue weighted by atomic mass is 35.5. The Morgan fingerprint density at radius 1 is 1.24 bits per heavy atom. The van der Waals surface area contributed by atoms with Crippen molar-refractivity contribution >= 4 is 28.7 Å². The summed E-state index contributed by atoms with van der Waals surface area (Å²) in [6.07, 6.45) is 3.04. The molecule has 1 aromatic heterocycles. The zero-order chi connectivity index (χ0) is 14.7. The summed E-state index contributed by atoms with van der Waals surface area (Å²) in [7, 11) is 0. The third kappa shape index (κ3) is 3.94. The summed E-state index contributed by atoms with van der Waals surface area (Å²) < 4.78 is 0. The third-order valence-electron chi connectivity index (χ3n) is 3.80. The van der Waals surface area contributed by atoms with Crippen LogP contribution in [0.2, 0.25) is 5.02 Å². The van der Waals surface area contributed by atoms with Crippen molar-refractivity contribution in [2.45, 2.75) is 31.8 Å². The van der Waals surface area contributed by atoms with Crippen molar-refractivity contribution in [2.24, 2.45) is 0 Å². The average molecular weight is 320 g/mol. The number of halogens is 1. The van der Waals surface area contributed by atoms with E-state index < -0.39 is 0 Å². The van der Waals surface area contributed by atoms with Gasteiger partial charge in [0.25, 0.3) is 0 Å². The van der Waals surface area contributed by atoms with E-state index in [1.165, 1.54) is 17.7 Å². The lowest BCUT2D eigenvalue weighted by atomic mass is 10.1. The molecule has 1 aliphatic carbocycles. The molecule has 0 radical (unpaired) electrons. The monoisotopic (exact) mass is 319 g/mol. The molecule has 0 amide bonds. The van der Waals surface area contributed by atoms with E-state index in [4.69, 9.17) is 11.6 Å². The second-order valence-electron chi connectivity index (χ2n) is 5.43. The lowest BCUT2D eigenvalue weighted by Crippen LogP contribution is -2.27. The molecular weight excluding hydrogens is 302 g/mol. The normalized spacial score (nSPS) is 14.6. The topological polar surface area (TPSA) is 20.3 Å². The molecule has 0 spiro atoms. The molecule has 0 bridgehead atoms. The van der Waals surface area contributed by atoms with E-state index in [-0.39, 0.29) is 5.78 Å². The van der Waals surface area contributed by atoms with Gasteiger partial charge >= 0.3 is 0 Å². The summed E-state index contributed by atoms with van der Waals surface area (Å²) in [5.41, 5.74) is 0.644. The van der Waals surface area contributed by atoms with Gasteiger partial charge in [0.1, 0.15) is 0 Å². The first kappa shape index (κ1) is 14.8. The van der Waals surface area contributed by atoms with Crippen molar-refractivity contribution in [3.8, 4) is 0 Å². The highest BCUT2D eigenvalue weighted by Gasteiger charge is 2.29. The molecule has 1 aromatic carbocycles. The second kappa shape index (κ2) is 6.73. The van der Waals surface area contributed by atoms with Crippen molar-refractivity contribution < 1.29 is 4.79 Å². The van der Waals surface area contributed by atoms with E-state index in [9.17, 15) is 4.79 Å². The molecule has 0 unspecified atom stereocenters. The second-order valence-corrected chi connectivity index (χ2v) is 6.87. The summed E-state index contributed by atoms with van der Waals surface area (Å²) >= 11 is 7.87. The van der Waals surface area contributed by atoms with Crippen molar-refractivity contribution in [1.29, 1.82) is 0 Å². The maximum Gasteiger partial charge on any atom is 0.165 e. The number of benzene rings is 1. The Morgan fingerprint density at radius 3 is 2.71 bits per heavy atom. The quantitative estimate of drug-likeness (QED) is 0.693. The van der Waals surface area contributed by atoms with Crippen LogP contribution in [0.1, 0.15) is 34.5 Å². The SMILES string of the molecule is O=C(CCN(Cc1cccs1)C1CC1)c1ccccc1Cl. The number of ketones is 1. The smallest absolute Gasteiger partial charge is 0.165 e. The Balaban J connectivity index is 1.59. The van der Waals surface area contributed by atoms with E-state index in [0.717, 1.165) is 13.1 Å². The number of rotatable bonds is 7.